The van der Waals surface area contributed by atoms with Crippen LogP contribution in [-0.4, -0.2) is 17.1 Å². The summed E-state index contributed by atoms with van der Waals surface area (Å²) in [6.07, 6.45) is 4.33. The molecule has 1 fully saturated rings. The Hall–Kier alpha value is -1.23. The van der Waals surface area contributed by atoms with Gasteiger partial charge in [-0.05, 0) is 37.8 Å². The molecular formula is C15H21Cl2N3O. The highest BCUT2D eigenvalue weighted by atomic mass is 35.5. The monoisotopic (exact) mass is 329 g/mol. The predicted molar refractivity (Wildman–Crippen MR) is 92.9 cm³/mol. The third-order valence-electron chi connectivity index (χ3n) is 3.81. The number of anilines is 1. The van der Waals surface area contributed by atoms with Crippen molar-refractivity contribution in [3.63, 3.8) is 0 Å². The number of rotatable bonds is 2. The Bertz CT molecular complexity index is 644. The van der Waals surface area contributed by atoms with Crippen molar-refractivity contribution in [2.24, 2.45) is 5.73 Å². The largest absolute Gasteiger partial charge is 0.369 e. The second-order valence-corrected chi connectivity index (χ2v) is 5.36. The Morgan fingerprint density at radius 1 is 1.19 bits per heavy atom. The molecular weight excluding hydrogens is 309 g/mol. The molecule has 0 spiro atoms. The first-order chi connectivity index (χ1) is 9.22. The Balaban J connectivity index is 0.00000110. The fraction of sp³-hybridized carbons (Fsp3) is 0.400. The van der Waals surface area contributed by atoms with E-state index in [-0.39, 0.29) is 36.3 Å². The van der Waals surface area contributed by atoms with Crippen molar-refractivity contribution in [2.75, 3.05) is 5.32 Å². The first-order valence-electron chi connectivity index (χ1n) is 6.86. The van der Waals surface area contributed by atoms with Crippen molar-refractivity contribution in [3.05, 3.63) is 40.6 Å². The van der Waals surface area contributed by atoms with Crippen molar-refractivity contribution >= 4 is 41.5 Å². The average molecular weight is 330 g/mol. The van der Waals surface area contributed by atoms with Crippen molar-refractivity contribution in [2.45, 2.75) is 37.8 Å². The number of pyridine rings is 1. The average Bonchev–Trinajstić information content (AvgIpc) is 2.39. The van der Waals surface area contributed by atoms with E-state index in [1.807, 2.05) is 24.3 Å². The molecule has 0 unspecified atom stereocenters. The highest BCUT2D eigenvalue weighted by Gasteiger charge is 2.19. The van der Waals surface area contributed by atoms with Gasteiger partial charge in [0.15, 0.2) is 5.43 Å². The van der Waals surface area contributed by atoms with Gasteiger partial charge in [0, 0.05) is 23.5 Å². The van der Waals surface area contributed by atoms with Crippen molar-refractivity contribution in [3.8, 4) is 0 Å². The Kier molecular flexibility index (Phi) is 6.52. The van der Waals surface area contributed by atoms with E-state index in [0.29, 0.717) is 6.04 Å². The van der Waals surface area contributed by atoms with E-state index in [0.717, 1.165) is 42.4 Å². The quantitative estimate of drug-likeness (QED) is 0.792. The molecule has 21 heavy (non-hydrogen) atoms. The van der Waals surface area contributed by atoms with Gasteiger partial charge in [-0.2, -0.15) is 0 Å². The van der Waals surface area contributed by atoms with Crippen molar-refractivity contribution < 1.29 is 0 Å². The van der Waals surface area contributed by atoms with Crippen molar-refractivity contribution in [1.82, 2.24) is 4.98 Å². The van der Waals surface area contributed by atoms with Crippen LogP contribution in [0.4, 0.5) is 5.82 Å². The molecule has 6 heteroatoms. The highest BCUT2D eigenvalue weighted by Crippen LogP contribution is 2.20. The number of fused-ring (bicyclic) bond motifs is 1. The summed E-state index contributed by atoms with van der Waals surface area (Å²) in [5.41, 5.74) is 6.91. The summed E-state index contributed by atoms with van der Waals surface area (Å²) in [7, 11) is 0. The summed E-state index contributed by atoms with van der Waals surface area (Å²) in [6.45, 7) is 0. The zero-order valence-electron chi connectivity index (χ0n) is 11.7. The molecule has 1 saturated carbocycles. The number of aromatic nitrogens is 1. The number of H-pyrrole nitrogens is 1. The van der Waals surface area contributed by atoms with Gasteiger partial charge < -0.3 is 16.0 Å². The van der Waals surface area contributed by atoms with Crippen LogP contribution >= 0.6 is 24.8 Å². The molecule has 1 aromatic heterocycles. The van der Waals surface area contributed by atoms with E-state index < -0.39 is 0 Å². The molecule has 0 aliphatic heterocycles. The minimum absolute atomic E-state index is 0. The van der Waals surface area contributed by atoms with Gasteiger partial charge >= 0.3 is 0 Å². The smallest absolute Gasteiger partial charge is 0.191 e. The molecule has 1 aromatic carbocycles. The molecule has 0 saturated heterocycles. The zero-order valence-corrected chi connectivity index (χ0v) is 13.3. The molecule has 4 N–H and O–H groups in total. The molecule has 3 rings (SSSR count). The molecule has 0 amide bonds. The molecule has 0 radical (unpaired) electrons. The van der Waals surface area contributed by atoms with E-state index in [1.54, 1.807) is 6.07 Å². The molecule has 1 aliphatic rings. The summed E-state index contributed by atoms with van der Waals surface area (Å²) in [6, 6.07) is 9.86. The molecule has 2 aromatic rings. The van der Waals surface area contributed by atoms with Gasteiger partial charge in [-0.15, -0.1) is 24.8 Å². The normalized spacial score (nSPS) is 21.2. The van der Waals surface area contributed by atoms with Crippen LogP contribution in [0.1, 0.15) is 25.7 Å². The SMILES string of the molecule is Cl.Cl.N[C@@H]1CCC[C@H](Nc2cc(=O)c3ccccc3[nH]2)C1. The number of benzene rings is 1. The molecule has 2 atom stereocenters. The number of nitrogens with one attached hydrogen (secondary N) is 2. The number of halogens is 2. The summed E-state index contributed by atoms with van der Waals surface area (Å²) < 4.78 is 0. The molecule has 1 heterocycles. The maximum absolute atomic E-state index is 12.0. The van der Waals surface area contributed by atoms with Crippen LogP contribution in [0.15, 0.2) is 35.1 Å². The number of hydrogen-bond donors (Lipinski definition) is 3. The second kappa shape index (κ2) is 7.69. The molecule has 4 nitrogen and oxygen atoms in total. The minimum atomic E-state index is 0. The first kappa shape index (κ1) is 17.8. The number of aromatic amines is 1. The lowest BCUT2D eigenvalue weighted by Crippen LogP contribution is -2.35. The number of hydrogen-bond acceptors (Lipinski definition) is 3. The van der Waals surface area contributed by atoms with Gasteiger partial charge in [-0.25, -0.2) is 0 Å². The van der Waals surface area contributed by atoms with E-state index in [2.05, 4.69) is 10.3 Å². The van der Waals surface area contributed by atoms with E-state index in [9.17, 15) is 4.79 Å². The van der Waals surface area contributed by atoms with Gasteiger partial charge in [-0.3, -0.25) is 4.79 Å². The fourth-order valence-corrected chi connectivity index (χ4v) is 2.85. The third-order valence-corrected chi connectivity index (χ3v) is 3.81. The lowest BCUT2D eigenvalue weighted by molar-refractivity contribution is 0.409. The zero-order chi connectivity index (χ0) is 13.2. The minimum Gasteiger partial charge on any atom is -0.369 e. The van der Waals surface area contributed by atoms with Crippen LogP contribution in [0.25, 0.3) is 10.9 Å². The van der Waals surface area contributed by atoms with Gasteiger partial charge in [0.2, 0.25) is 0 Å². The van der Waals surface area contributed by atoms with Gasteiger partial charge in [0.05, 0.1) is 5.52 Å². The van der Waals surface area contributed by atoms with Crippen LogP contribution in [0.5, 0.6) is 0 Å². The summed E-state index contributed by atoms with van der Waals surface area (Å²) in [5, 5.41) is 4.14. The maximum Gasteiger partial charge on any atom is 0.191 e. The summed E-state index contributed by atoms with van der Waals surface area (Å²) in [4.78, 5) is 15.3. The molecule has 0 bridgehead atoms. The Labute approximate surface area is 136 Å². The van der Waals surface area contributed by atoms with Crippen LogP contribution in [0.2, 0.25) is 0 Å². The lowest BCUT2D eigenvalue weighted by atomic mass is 9.91. The highest BCUT2D eigenvalue weighted by molar-refractivity contribution is 5.85. The topological polar surface area (TPSA) is 70.9 Å². The van der Waals surface area contributed by atoms with E-state index >= 15 is 0 Å². The lowest BCUT2D eigenvalue weighted by Gasteiger charge is -2.28. The Morgan fingerprint density at radius 2 is 1.95 bits per heavy atom. The van der Waals surface area contributed by atoms with Crippen LogP contribution in [0, 0.1) is 0 Å². The Morgan fingerprint density at radius 3 is 2.71 bits per heavy atom. The van der Waals surface area contributed by atoms with Gasteiger partial charge in [-0.1, -0.05) is 12.1 Å². The third kappa shape index (κ3) is 4.13. The van der Waals surface area contributed by atoms with Crippen molar-refractivity contribution in [1.29, 1.82) is 0 Å². The maximum atomic E-state index is 12.0. The number of para-hydroxylation sites is 1. The van der Waals surface area contributed by atoms with E-state index in [1.165, 1.54) is 0 Å². The molecule has 1 aliphatic carbocycles. The molecule has 116 valence electrons. The summed E-state index contributed by atoms with van der Waals surface area (Å²) in [5.74, 6) is 0.794. The van der Waals surface area contributed by atoms with Gasteiger partial charge in [0.1, 0.15) is 5.82 Å². The van der Waals surface area contributed by atoms with Crippen LogP contribution in [0.3, 0.4) is 0 Å². The fourth-order valence-electron chi connectivity index (χ4n) is 2.85. The number of nitrogens with two attached hydrogens (primary N) is 1. The first-order valence-corrected chi connectivity index (χ1v) is 6.86. The second-order valence-electron chi connectivity index (χ2n) is 5.36. The standard InChI is InChI=1S/C15H19N3O.2ClH/c16-10-4-3-5-11(8-10)17-15-9-14(19)12-6-1-2-7-13(12)18-15;;/h1-2,6-7,9-11H,3-5,8,16H2,(H2,17,18,19);2*1H/t10-,11+;;/m1../s1. The van der Waals surface area contributed by atoms with Gasteiger partial charge in [0.25, 0.3) is 0 Å². The summed E-state index contributed by atoms with van der Waals surface area (Å²) >= 11 is 0. The van der Waals surface area contributed by atoms with E-state index in [4.69, 9.17) is 5.73 Å². The predicted octanol–water partition coefficient (Wildman–Crippen LogP) is 3.05. The van der Waals surface area contributed by atoms with Crippen LogP contribution in [-0.2, 0) is 0 Å². The van der Waals surface area contributed by atoms with Crippen LogP contribution < -0.4 is 16.5 Å².